The fourth-order valence-corrected chi connectivity index (χ4v) is 5.66. The van der Waals surface area contributed by atoms with Crippen molar-refractivity contribution in [3.05, 3.63) is 17.6 Å². The van der Waals surface area contributed by atoms with E-state index in [1.54, 1.807) is 6.20 Å². The molecule has 0 bridgehead atoms. The van der Waals surface area contributed by atoms with Crippen LogP contribution in [0.3, 0.4) is 0 Å². The van der Waals surface area contributed by atoms with Gasteiger partial charge in [-0.25, -0.2) is 13.4 Å². The second-order valence-corrected chi connectivity index (χ2v) is 8.64. The summed E-state index contributed by atoms with van der Waals surface area (Å²) >= 11 is 0. The number of sulfone groups is 1. The van der Waals surface area contributed by atoms with Gasteiger partial charge in [0.15, 0.2) is 9.84 Å². The second-order valence-electron chi connectivity index (χ2n) is 6.13. The Kier molecular flexibility index (Phi) is 3.23. The molecule has 1 aromatic rings. The molecule has 0 radical (unpaired) electrons. The Hall–Kier alpha value is -1.17. The van der Waals surface area contributed by atoms with Crippen LogP contribution < -0.4 is 5.32 Å². The normalized spacial score (nSPS) is 27.0. The van der Waals surface area contributed by atoms with E-state index in [0.717, 1.165) is 36.5 Å². The van der Waals surface area contributed by atoms with Crippen LogP contribution in [-0.4, -0.2) is 34.9 Å². The highest BCUT2D eigenvalue weighted by Crippen LogP contribution is 2.46. The number of aromatic nitrogens is 2. The van der Waals surface area contributed by atoms with Crippen LogP contribution in [0.1, 0.15) is 43.5 Å². The summed E-state index contributed by atoms with van der Waals surface area (Å²) in [7, 11) is -2.91. The van der Waals surface area contributed by atoms with Gasteiger partial charge in [0.2, 0.25) is 0 Å². The molecular weight excluding hydrogens is 274 g/mol. The fourth-order valence-electron chi connectivity index (χ4n) is 3.27. The SMILES string of the molecule is Cc1cnc(C)c(NC2CCS(=O)(=O)C3(CCC3)C2)n1. The average molecular weight is 295 g/mol. The van der Waals surface area contributed by atoms with Crippen molar-refractivity contribution in [3.8, 4) is 0 Å². The van der Waals surface area contributed by atoms with Gasteiger partial charge in [-0.2, -0.15) is 0 Å². The molecule has 3 rings (SSSR count). The van der Waals surface area contributed by atoms with Crippen LogP contribution >= 0.6 is 0 Å². The summed E-state index contributed by atoms with van der Waals surface area (Å²) in [5, 5.41) is 3.41. The third kappa shape index (κ3) is 2.20. The first-order valence-electron chi connectivity index (χ1n) is 7.21. The van der Waals surface area contributed by atoms with Gasteiger partial charge in [0.05, 0.1) is 21.9 Å². The van der Waals surface area contributed by atoms with Crippen molar-refractivity contribution < 1.29 is 8.42 Å². The number of hydrogen-bond donors (Lipinski definition) is 1. The maximum absolute atomic E-state index is 12.2. The Morgan fingerprint density at radius 3 is 2.75 bits per heavy atom. The molecule has 6 heteroatoms. The number of nitrogens with zero attached hydrogens (tertiary/aromatic N) is 2. The van der Waals surface area contributed by atoms with E-state index in [1.165, 1.54) is 0 Å². The van der Waals surface area contributed by atoms with E-state index in [4.69, 9.17) is 0 Å². The lowest BCUT2D eigenvalue weighted by Crippen LogP contribution is -2.53. The van der Waals surface area contributed by atoms with Gasteiger partial charge in [0, 0.05) is 12.2 Å². The molecule has 5 nitrogen and oxygen atoms in total. The van der Waals surface area contributed by atoms with Crippen molar-refractivity contribution in [1.82, 2.24) is 9.97 Å². The molecule has 1 spiro atoms. The molecule has 1 saturated heterocycles. The number of rotatable bonds is 2. The van der Waals surface area contributed by atoms with E-state index in [0.29, 0.717) is 18.6 Å². The summed E-state index contributed by atoms with van der Waals surface area (Å²) in [6, 6.07) is 0.189. The van der Waals surface area contributed by atoms with Crippen LogP contribution in [0.25, 0.3) is 0 Å². The van der Waals surface area contributed by atoms with Crippen molar-refractivity contribution in [2.24, 2.45) is 0 Å². The molecule has 20 heavy (non-hydrogen) atoms. The van der Waals surface area contributed by atoms with Crippen LogP contribution in [0.4, 0.5) is 5.82 Å². The zero-order valence-electron chi connectivity index (χ0n) is 12.0. The van der Waals surface area contributed by atoms with Crippen LogP contribution in [-0.2, 0) is 9.84 Å². The smallest absolute Gasteiger partial charge is 0.156 e. The highest BCUT2D eigenvalue weighted by molar-refractivity contribution is 7.92. The van der Waals surface area contributed by atoms with Crippen molar-refractivity contribution in [2.75, 3.05) is 11.1 Å². The lowest BCUT2D eigenvalue weighted by atomic mass is 9.79. The van der Waals surface area contributed by atoms with Gasteiger partial charge < -0.3 is 5.32 Å². The maximum atomic E-state index is 12.2. The summed E-state index contributed by atoms with van der Waals surface area (Å²) in [6.07, 6.45) is 5.82. The molecule has 2 heterocycles. The molecule has 110 valence electrons. The van der Waals surface area contributed by atoms with Crippen LogP contribution in [0.5, 0.6) is 0 Å². The summed E-state index contributed by atoms with van der Waals surface area (Å²) < 4.78 is 24.0. The van der Waals surface area contributed by atoms with Gasteiger partial charge in [-0.1, -0.05) is 6.42 Å². The Labute approximate surface area is 120 Å². The van der Waals surface area contributed by atoms with Crippen molar-refractivity contribution in [2.45, 2.75) is 56.7 Å². The first-order chi connectivity index (χ1) is 9.42. The Morgan fingerprint density at radius 2 is 2.10 bits per heavy atom. The highest BCUT2D eigenvalue weighted by Gasteiger charge is 2.52. The number of nitrogens with one attached hydrogen (secondary N) is 1. The van der Waals surface area contributed by atoms with Crippen molar-refractivity contribution in [1.29, 1.82) is 0 Å². The predicted molar refractivity (Wildman–Crippen MR) is 78.5 cm³/mol. The second kappa shape index (κ2) is 4.69. The molecule has 0 amide bonds. The topological polar surface area (TPSA) is 72.0 Å². The lowest BCUT2D eigenvalue weighted by Gasteiger charge is -2.46. The molecule has 0 aromatic carbocycles. The van der Waals surface area contributed by atoms with Gasteiger partial charge in [0.1, 0.15) is 5.82 Å². The molecule has 1 atom stereocenters. The molecule has 1 aliphatic heterocycles. The van der Waals surface area contributed by atoms with Crippen LogP contribution in [0, 0.1) is 13.8 Å². The minimum Gasteiger partial charge on any atom is -0.366 e. The molecule has 1 aliphatic carbocycles. The summed E-state index contributed by atoms with van der Waals surface area (Å²) in [5.74, 6) is 1.09. The zero-order valence-corrected chi connectivity index (χ0v) is 12.8. The zero-order chi connectivity index (χ0) is 14.4. The van der Waals surface area contributed by atoms with E-state index in [9.17, 15) is 8.42 Å². The molecule has 1 N–H and O–H groups in total. The van der Waals surface area contributed by atoms with Crippen LogP contribution in [0.15, 0.2) is 6.20 Å². The van der Waals surface area contributed by atoms with Gasteiger partial charge in [0.25, 0.3) is 0 Å². The van der Waals surface area contributed by atoms with Gasteiger partial charge in [-0.15, -0.1) is 0 Å². The van der Waals surface area contributed by atoms with Crippen LogP contribution in [0.2, 0.25) is 0 Å². The highest BCUT2D eigenvalue weighted by atomic mass is 32.2. The molecule has 2 fully saturated rings. The quantitative estimate of drug-likeness (QED) is 0.903. The van der Waals surface area contributed by atoms with Crippen molar-refractivity contribution >= 4 is 15.7 Å². The van der Waals surface area contributed by atoms with E-state index < -0.39 is 14.6 Å². The summed E-state index contributed by atoms with van der Waals surface area (Å²) in [5.41, 5.74) is 1.74. The minimum absolute atomic E-state index is 0.189. The monoisotopic (exact) mass is 295 g/mol. The molecule has 1 aromatic heterocycles. The van der Waals surface area contributed by atoms with E-state index in [-0.39, 0.29) is 6.04 Å². The van der Waals surface area contributed by atoms with E-state index >= 15 is 0 Å². The molecule has 2 aliphatic rings. The van der Waals surface area contributed by atoms with Crippen molar-refractivity contribution in [3.63, 3.8) is 0 Å². The molecule has 1 unspecified atom stereocenters. The number of aryl methyl sites for hydroxylation is 2. The molecule has 1 saturated carbocycles. The van der Waals surface area contributed by atoms with Gasteiger partial charge in [-0.05, 0) is 39.5 Å². The fraction of sp³-hybridized carbons (Fsp3) is 0.714. The standard InChI is InChI=1S/C14H21N3O2S/c1-10-9-15-11(2)13(16-10)17-12-4-7-20(18,19)14(8-12)5-3-6-14/h9,12H,3-8H2,1-2H3,(H,16,17). The third-order valence-corrected chi connectivity index (χ3v) is 7.36. The van der Waals surface area contributed by atoms with Gasteiger partial charge in [-0.3, -0.25) is 4.98 Å². The Morgan fingerprint density at radius 1 is 1.35 bits per heavy atom. The first kappa shape index (κ1) is 13.8. The number of anilines is 1. The third-order valence-electron chi connectivity index (χ3n) is 4.69. The Bertz CT molecular complexity index is 623. The average Bonchev–Trinajstić information content (AvgIpc) is 2.34. The number of hydrogen-bond acceptors (Lipinski definition) is 5. The summed E-state index contributed by atoms with van der Waals surface area (Å²) in [4.78, 5) is 8.77. The molecular formula is C14H21N3O2S. The maximum Gasteiger partial charge on any atom is 0.156 e. The van der Waals surface area contributed by atoms with E-state index in [2.05, 4.69) is 15.3 Å². The largest absolute Gasteiger partial charge is 0.366 e. The Balaban J connectivity index is 1.78. The van der Waals surface area contributed by atoms with E-state index in [1.807, 2.05) is 13.8 Å². The predicted octanol–water partition coefficient (Wildman–Crippen LogP) is 2.01. The lowest BCUT2D eigenvalue weighted by molar-refractivity contribution is 0.289. The van der Waals surface area contributed by atoms with Gasteiger partial charge >= 0.3 is 0 Å². The summed E-state index contributed by atoms with van der Waals surface area (Å²) in [6.45, 7) is 3.84. The minimum atomic E-state index is -2.91. The first-order valence-corrected chi connectivity index (χ1v) is 8.86.